The number of rotatable bonds is 0. The van der Waals surface area contributed by atoms with Crippen LogP contribution in [0, 0.1) is 0 Å². The van der Waals surface area contributed by atoms with Gasteiger partial charge in [-0.3, -0.25) is 0 Å². The van der Waals surface area contributed by atoms with Crippen LogP contribution in [0.15, 0.2) is 0 Å². The van der Waals surface area contributed by atoms with E-state index in [2.05, 4.69) is 0 Å². The van der Waals surface area contributed by atoms with Crippen LogP contribution in [-0.2, 0) is 20.4 Å². The minimum atomic E-state index is 0. The molecule has 0 spiro atoms. The molecular formula is C2H6Cl2Pd. The van der Waals surface area contributed by atoms with Crippen molar-refractivity contribution in [3.63, 3.8) is 0 Å². The van der Waals surface area contributed by atoms with Gasteiger partial charge in [-0.25, -0.2) is 0 Å². The molecule has 0 atom stereocenters. The van der Waals surface area contributed by atoms with Crippen molar-refractivity contribution < 1.29 is 20.4 Å². The van der Waals surface area contributed by atoms with Gasteiger partial charge in [0.1, 0.15) is 0 Å². The van der Waals surface area contributed by atoms with E-state index >= 15 is 0 Å². The normalized spacial score (nSPS) is 3.60. The summed E-state index contributed by atoms with van der Waals surface area (Å²) >= 11 is 9.53. The molecule has 0 unspecified atom stereocenters. The molecule has 0 aliphatic carbocycles. The van der Waals surface area contributed by atoms with Crippen LogP contribution in [0.2, 0.25) is 0 Å². The van der Waals surface area contributed by atoms with Crippen LogP contribution in [0.5, 0.6) is 0 Å². The molecule has 0 aromatic carbocycles. The zero-order chi connectivity index (χ0) is 2.71. The fourth-order valence-corrected chi connectivity index (χ4v) is 0. The quantitative estimate of drug-likeness (QED) is 0.421. The first kappa shape index (κ1) is 16.3. The number of hydrogen-bond acceptors (Lipinski definition) is 0. The summed E-state index contributed by atoms with van der Waals surface area (Å²) in [7, 11) is 0. The van der Waals surface area contributed by atoms with E-state index in [1.807, 2.05) is 0 Å². The molecule has 0 amide bonds. The van der Waals surface area contributed by atoms with Gasteiger partial charge < -0.3 is 0 Å². The van der Waals surface area contributed by atoms with E-state index in [9.17, 15) is 0 Å². The number of hydrogen-bond donors (Lipinski definition) is 0. The molecule has 0 aromatic rings. The molecule has 0 rings (SSSR count). The second kappa shape index (κ2) is 18.8. The fraction of sp³-hybridized carbons (Fsp3) is 1.00. The van der Waals surface area contributed by atoms with Gasteiger partial charge in [-0.1, -0.05) is 7.43 Å². The van der Waals surface area contributed by atoms with E-state index in [-0.39, 0.29) is 33.2 Å². The third-order valence-electron chi connectivity index (χ3n) is 0. The predicted octanol–water partition coefficient (Wildman–Crippen LogP) is 2.06. The summed E-state index contributed by atoms with van der Waals surface area (Å²) in [5.74, 6) is 0. The van der Waals surface area contributed by atoms with E-state index in [1.165, 1.54) is 0 Å². The first-order valence-electron chi connectivity index (χ1n) is 0.535. The molecule has 0 fully saturated rings. The summed E-state index contributed by atoms with van der Waals surface area (Å²) in [4.78, 5) is 0. The smallest absolute Gasteiger partial charge is 0.0967 e. The van der Waals surface area contributed by atoms with Crippen molar-refractivity contribution in [3.05, 3.63) is 0 Å². The van der Waals surface area contributed by atoms with Crippen molar-refractivity contribution in [1.29, 1.82) is 0 Å². The SMILES string of the molecule is C.ClCCl.[Pd]. The average Bonchev–Trinajstić information content (AvgIpc) is 0.918. The van der Waals surface area contributed by atoms with Gasteiger partial charge in [-0.15, -0.1) is 23.2 Å². The van der Waals surface area contributed by atoms with Gasteiger partial charge in [0.05, 0.1) is 5.34 Å². The van der Waals surface area contributed by atoms with Gasteiger partial charge in [-0.05, 0) is 0 Å². The van der Waals surface area contributed by atoms with Gasteiger partial charge >= 0.3 is 0 Å². The molecule has 3 heteroatoms. The summed E-state index contributed by atoms with van der Waals surface area (Å²) in [5, 5.41) is 0.194. The maximum Gasteiger partial charge on any atom is 0.0967 e. The van der Waals surface area contributed by atoms with Crippen molar-refractivity contribution in [2.45, 2.75) is 7.43 Å². The van der Waals surface area contributed by atoms with Gasteiger partial charge in [0.15, 0.2) is 0 Å². The van der Waals surface area contributed by atoms with Crippen molar-refractivity contribution in [2.75, 3.05) is 5.34 Å². The molecule has 0 aliphatic rings. The van der Waals surface area contributed by atoms with E-state index in [0.29, 0.717) is 0 Å². The monoisotopic (exact) mass is 206 g/mol. The summed E-state index contributed by atoms with van der Waals surface area (Å²) in [5.41, 5.74) is 0. The average molecular weight is 207 g/mol. The standard InChI is InChI=1S/CH2Cl2.CH4.Pd/c2-1-3;;/h1H2;1H4;. The zero-order valence-corrected chi connectivity index (χ0v) is 4.85. The molecular weight excluding hydrogens is 201 g/mol. The Morgan fingerprint density at radius 1 is 1.20 bits per heavy atom. The van der Waals surface area contributed by atoms with Crippen molar-refractivity contribution in [1.82, 2.24) is 0 Å². The van der Waals surface area contributed by atoms with Crippen LogP contribution in [0.4, 0.5) is 0 Å². The van der Waals surface area contributed by atoms with Gasteiger partial charge in [0.25, 0.3) is 0 Å². The largest absolute Gasteiger partial charge is 0.109 e. The Kier molecular flexibility index (Phi) is 61.2. The van der Waals surface area contributed by atoms with Gasteiger partial charge in [0.2, 0.25) is 0 Å². The Hall–Kier alpha value is 1.24. The first-order valence-corrected chi connectivity index (χ1v) is 1.60. The second-order valence-corrected chi connectivity index (χ2v) is 0.909. The zero-order valence-electron chi connectivity index (χ0n) is 1.78. The molecule has 0 heterocycles. The van der Waals surface area contributed by atoms with E-state index < -0.39 is 0 Å². The van der Waals surface area contributed by atoms with Gasteiger partial charge in [0, 0.05) is 20.4 Å². The van der Waals surface area contributed by atoms with Crippen molar-refractivity contribution in [2.24, 2.45) is 0 Å². The number of alkyl halides is 2. The minimum Gasteiger partial charge on any atom is -0.109 e. The van der Waals surface area contributed by atoms with E-state index in [0.717, 1.165) is 0 Å². The molecule has 5 heavy (non-hydrogen) atoms. The summed E-state index contributed by atoms with van der Waals surface area (Å²) < 4.78 is 0. The van der Waals surface area contributed by atoms with E-state index in [1.54, 1.807) is 0 Å². The Balaban J connectivity index is -0.0000000200. The molecule has 0 N–H and O–H groups in total. The van der Waals surface area contributed by atoms with Crippen LogP contribution in [0.25, 0.3) is 0 Å². The molecule has 0 aliphatic heterocycles. The van der Waals surface area contributed by atoms with Crippen molar-refractivity contribution in [3.8, 4) is 0 Å². The third kappa shape index (κ3) is 35.7. The van der Waals surface area contributed by atoms with Crippen LogP contribution in [0.1, 0.15) is 7.43 Å². The Bertz CT molecular complexity index is 7.61. The third-order valence-corrected chi connectivity index (χ3v) is 0. The summed E-state index contributed by atoms with van der Waals surface area (Å²) in [6, 6.07) is 0. The van der Waals surface area contributed by atoms with Crippen LogP contribution in [0.3, 0.4) is 0 Å². The molecule has 0 aromatic heterocycles. The topological polar surface area (TPSA) is 0 Å². The Morgan fingerprint density at radius 3 is 1.20 bits per heavy atom. The van der Waals surface area contributed by atoms with Crippen molar-refractivity contribution >= 4 is 23.2 Å². The van der Waals surface area contributed by atoms with Crippen LogP contribution < -0.4 is 0 Å². The Morgan fingerprint density at radius 2 is 1.20 bits per heavy atom. The molecule has 0 radical (unpaired) electrons. The predicted molar refractivity (Wildman–Crippen MR) is 23.3 cm³/mol. The van der Waals surface area contributed by atoms with Crippen LogP contribution >= 0.6 is 23.2 Å². The minimum absolute atomic E-state index is 0. The number of halogens is 2. The molecule has 0 saturated carbocycles. The van der Waals surface area contributed by atoms with Gasteiger partial charge in [-0.2, -0.15) is 0 Å². The first-order chi connectivity index (χ1) is 1.41. The second-order valence-electron chi connectivity index (χ2n) is 0.101. The van der Waals surface area contributed by atoms with Crippen LogP contribution in [-0.4, -0.2) is 5.34 Å². The summed E-state index contributed by atoms with van der Waals surface area (Å²) in [6.45, 7) is 0. The summed E-state index contributed by atoms with van der Waals surface area (Å²) in [6.07, 6.45) is 0. The Labute approximate surface area is 56.5 Å². The maximum atomic E-state index is 4.76. The van der Waals surface area contributed by atoms with E-state index in [4.69, 9.17) is 23.2 Å². The molecule has 38 valence electrons. The molecule has 0 nitrogen and oxygen atoms in total. The molecule has 0 bridgehead atoms. The fourth-order valence-electron chi connectivity index (χ4n) is 0. The molecule has 0 saturated heterocycles. The maximum absolute atomic E-state index is 4.76.